The standard InChI is InChI=1S/C17H19BrN2O4S/c1-2-24-15-6-8-16(9-7-15)25(22,23)19-11-10-17(21)20-14-5-3-4-13(18)12-14/h3-9,12,19H,2,10-11H2,1H3,(H,20,21). The molecule has 2 aromatic rings. The second kappa shape index (κ2) is 8.98. The minimum atomic E-state index is -3.66. The Hall–Kier alpha value is -1.90. The van der Waals surface area contributed by atoms with E-state index in [1.165, 1.54) is 12.1 Å². The molecule has 0 aliphatic carbocycles. The molecule has 0 aliphatic rings. The van der Waals surface area contributed by atoms with Crippen LogP contribution in [0.5, 0.6) is 5.75 Å². The molecule has 0 bridgehead atoms. The molecule has 2 aromatic carbocycles. The van der Waals surface area contributed by atoms with E-state index in [-0.39, 0.29) is 23.8 Å². The molecule has 0 fully saturated rings. The molecule has 0 heterocycles. The third kappa shape index (κ3) is 6.15. The van der Waals surface area contributed by atoms with Crippen LogP contribution in [0.15, 0.2) is 57.9 Å². The van der Waals surface area contributed by atoms with Crippen molar-refractivity contribution in [3.63, 3.8) is 0 Å². The molecule has 8 heteroatoms. The number of ether oxygens (including phenoxy) is 1. The summed E-state index contributed by atoms with van der Waals surface area (Å²) in [6.07, 6.45) is 0.0305. The largest absolute Gasteiger partial charge is 0.494 e. The van der Waals surface area contributed by atoms with Crippen LogP contribution < -0.4 is 14.8 Å². The Labute approximate surface area is 155 Å². The molecule has 2 N–H and O–H groups in total. The maximum absolute atomic E-state index is 12.2. The van der Waals surface area contributed by atoms with Crippen LogP contribution in [-0.2, 0) is 14.8 Å². The summed E-state index contributed by atoms with van der Waals surface area (Å²) >= 11 is 3.32. The molecule has 25 heavy (non-hydrogen) atoms. The van der Waals surface area contributed by atoms with E-state index in [0.29, 0.717) is 18.0 Å². The van der Waals surface area contributed by atoms with Gasteiger partial charge in [0.15, 0.2) is 0 Å². The lowest BCUT2D eigenvalue weighted by Gasteiger charge is -2.09. The number of halogens is 1. The van der Waals surface area contributed by atoms with Crippen molar-refractivity contribution in [3.05, 3.63) is 53.0 Å². The summed E-state index contributed by atoms with van der Waals surface area (Å²) < 4.78 is 32.9. The quantitative estimate of drug-likeness (QED) is 0.678. The second-order valence-corrected chi connectivity index (χ2v) is 7.79. The zero-order valence-corrected chi connectivity index (χ0v) is 16.1. The third-order valence-corrected chi connectivity index (χ3v) is 5.17. The SMILES string of the molecule is CCOc1ccc(S(=O)(=O)NCCC(=O)Nc2cccc(Br)c2)cc1. The van der Waals surface area contributed by atoms with Crippen LogP contribution in [0.2, 0.25) is 0 Å². The number of carbonyl (C=O) groups is 1. The fourth-order valence-corrected chi connectivity index (χ4v) is 3.48. The summed E-state index contributed by atoms with van der Waals surface area (Å²) in [5.41, 5.74) is 0.647. The van der Waals surface area contributed by atoms with Gasteiger partial charge >= 0.3 is 0 Å². The highest BCUT2D eigenvalue weighted by Gasteiger charge is 2.14. The number of nitrogens with one attached hydrogen (secondary N) is 2. The van der Waals surface area contributed by atoms with Crippen LogP contribution in [0.4, 0.5) is 5.69 Å². The lowest BCUT2D eigenvalue weighted by molar-refractivity contribution is -0.116. The highest BCUT2D eigenvalue weighted by Crippen LogP contribution is 2.17. The molecule has 0 aliphatic heterocycles. The van der Waals surface area contributed by atoms with Gasteiger partial charge in [0, 0.05) is 23.1 Å². The van der Waals surface area contributed by atoms with Crippen molar-refractivity contribution in [1.29, 1.82) is 0 Å². The summed E-state index contributed by atoms with van der Waals surface area (Å²) in [5.74, 6) is 0.336. The number of hydrogen-bond acceptors (Lipinski definition) is 4. The normalized spacial score (nSPS) is 11.1. The fourth-order valence-electron chi connectivity index (χ4n) is 2.05. The van der Waals surface area contributed by atoms with Gasteiger partial charge in [0.2, 0.25) is 15.9 Å². The molecule has 0 saturated carbocycles. The minimum Gasteiger partial charge on any atom is -0.494 e. The van der Waals surface area contributed by atoms with E-state index in [9.17, 15) is 13.2 Å². The number of carbonyl (C=O) groups excluding carboxylic acids is 1. The number of anilines is 1. The van der Waals surface area contributed by atoms with Crippen molar-refractivity contribution in [3.8, 4) is 5.75 Å². The summed E-state index contributed by atoms with van der Waals surface area (Å²) in [7, 11) is -3.66. The number of amides is 1. The summed E-state index contributed by atoms with van der Waals surface area (Å²) in [4.78, 5) is 12.0. The number of rotatable bonds is 8. The van der Waals surface area contributed by atoms with Gasteiger partial charge in [-0.2, -0.15) is 0 Å². The van der Waals surface area contributed by atoms with Gasteiger partial charge in [-0.05, 0) is 49.4 Å². The first-order valence-electron chi connectivity index (χ1n) is 7.68. The second-order valence-electron chi connectivity index (χ2n) is 5.11. The molecular formula is C17H19BrN2O4S. The predicted octanol–water partition coefficient (Wildman–Crippen LogP) is 3.15. The number of hydrogen-bond donors (Lipinski definition) is 2. The highest BCUT2D eigenvalue weighted by atomic mass is 79.9. The van der Waals surface area contributed by atoms with E-state index in [1.54, 1.807) is 30.3 Å². The van der Waals surface area contributed by atoms with E-state index >= 15 is 0 Å². The van der Waals surface area contributed by atoms with Gasteiger partial charge in [0.1, 0.15) is 5.75 Å². The minimum absolute atomic E-state index is 0.00931. The van der Waals surface area contributed by atoms with E-state index < -0.39 is 10.0 Å². The van der Waals surface area contributed by atoms with Crippen molar-refractivity contribution in [2.24, 2.45) is 0 Å². The number of benzene rings is 2. The molecule has 0 radical (unpaired) electrons. The topological polar surface area (TPSA) is 84.5 Å². The van der Waals surface area contributed by atoms with Gasteiger partial charge < -0.3 is 10.1 Å². The van der Waals surface area contributed by atoms with Crippen molar-refractivity contribution in [2.45, 2.75) is 18.2 Å². The van der Waals surface area contributed by atoms with E-state index in [0.717, 1.165) is 4.47 Å². The monoisotopic (exact) mass is 426 g/mol. The van der Waals surface area contributed by atoms with Crippen LogP contribution in [0.1, 0.15) is 13.3 Å². The first kappa shape index (κ1) is 19.4. The first-order valence-corrected chi connectivity index (χ1v) is 9.96. The lowest BCUT2D eigenvalue weighted by atomic mass is 10.3. The molecular weight excluding hydrogens is 408 g/mol. The lowest BCUT2D eigenvalue weighted by Crippen LogP contribution is -2.27. The van der Waals surface area contributed by atoms with E-state index in [4.69, 9.17) is 4.74 Å². The zero-order chi connectivity index (χ0) is 18.3. The Kier molecular flexibility index (Phi) is 6.98. The van der Waals surface area contributed by atoms with Gasteiger partial charge in [-0.3, -0.25) is 4.79 Å². The first-order chi connectivity index (χ1) is 11.9. The average Bonchev–Trinajstić information content (AvgIpc) is 2.55. The Morgan fingerprint density at radius 3 is 2.52 bits per heavy atom. The molecule has 2 rings (SSSR count). The van der Waals surface area contributed by atoms with Crippen LogP contribution in [0.25, 0.3) is 0 Å². The van der Waals surface area contributed by atoms with Gasteiger partial charge in [-0.1, -0.05) is 22.0 Å². The Bertz CT molecular complexity index is 823. The highest BCUT2D eigenvalue weighted by molar-refractivity contribution is 9.10. The number of sulfonamides is 1. The Morgan fingerprint density at radius 1 is 1.16 bits per heavy atom. The van der Waals surface area contributed by atoms with Crippen molar-refractivity contribution < 1.29 is 17.9 Å². The average molecular weight is 427 g/mol. The van der Waals surface area contributed by atoms with E-state index in [1.807, 2.05) is 13.0 Å². The zero-order valence-electron chi connectivity index (χ0n) is 13.7. The maximum atomic E-state index is 12.2. The van der Waals surface area contributed by atoms with Crippen molar-refractivity contribution in [1.82, 2.24) is 4.72 Å². The molecule has 1 amide bonds. The van der Waals surface area contributed by atoms with Crippen LogP contribution in [0.3, 0.4) is 0 Å². The third-order valence-electron chi connectivity index (χ3n) is 3.20. The van der Waals surface area contributed by atoms with Gasteiger partial charge in [0.25, 0.3) is 0 Å². The predicted molar refractivity (Wildman–Crippen MR) is 100 cm³/mol. The van der Waals surface area contributed by atoms with Crippen LogP contribution >= 0.6 is 15.9 Å². The molecule has 0 spiro atoms. The summed E-state index contributed by atoms with van der Waals surface area (Å²) in [6, 6.07) is 13.3. The molecule has 0 atom stereocenters. The molecule has 134 valence electrons. The van der Waals surface area contributed by atoms with Gasteiger partial charge in [-0.15, -0.1) is 0 Å². The van der Waals surface area contributed by atoms with Gasteiger partial charge in [-0.25, -0.2) is 13.1 Å². The van der Waals surface area contributed by atoms with E-state index in [2.05, 4.69) is 26.0 Å². The summed E-state index contributed by atoms with van der Waals surface area (Å²) in [6.45, 7) is 2.37. The van der Waals surface area contributed by atoms with Crippen LogP contribution in [0, 0.1) is 0 Å². The molecule has 0 aromatic heterocycles. The smallest absolute Gasteiger partial charge is 0.240 e. The van der Waals surface area contributed by atoms with Crippen molar-refractivity contribution in [2.75, 3.05) is 18.5 Å². The Balaban J connectivity index is 1.86. The molecule has 0 unspecified atom stereocenters. The van der Waals surface area contributed by atoms with Crippen LogP contribution in [-0.4, -0.2) is 27.5 Å². The summed E-state index contributed by atoms with van der Waals surface area (Å²) in [5, 5.41) is 2.71. The maximum Gasteiger partial charge on any atom is 0.240 e. The molecule has 6 nitrogen and oxygen atoms in total. The fraction of sp³-hybridized carbons (Fsp3) is 0.235. The van der Waals surface area contributed by atoms with Crippen molar-refractivity contribution >= 4 is 37.5 Å². The van der Waals surface area contributed by atoms with Gasteiger partial charge in [0.05, 0.1) is 11.5 Å². The Morgan fingerprint density at radius 2 is 1.88 bits per heavy atom. The molecule has 0 saturated heterocycles.